The van der Waals surface area contributed by atoms with Crippen molar-refractivity contribution < 1.29 is 65.5 Å². The minimum Gasteiger partial charge on any atom is -0.456 e. The third-order valence-corrected chi connectivity index (χ3v) is 9.28. The number of phosphoric acid groups is 2. The van der Waals surface area contributed by atoms with Crippen LogP contribution in [0.1, 0.15) is 26.1 Å². The predicted molar refractivity (Wildman–Crippen MR) is 138 cm³/mol. The Bertz CT molecular complexity index is 1560. The van der Waals surface area contributed by atoms with E-state index in [9.17, 15) is 33.3 Å². The van der Waals surface area contributed by atoms with E-state index in [0.717, 1.165) is 13.8 Å². The van der Waals surface area contributed by atoms with Crippen molar-refractivity contribution in [3.63, 3.8) is 0 Å². The summed E-state index contributed by atoms with van der Waals surface area (Å²) >= 11 is 0. The van der Waals surface area contributed by atoms with E-state index in [0.29, 0.717) is 0 Å². The molecule has 2 N–H and O–H groups in total. The Morgan fingerprint density at radius 2 is 1.63 bits per heavy atom. The molecule has 2 saturated heterocycles. The van der Waals surface area contributed by atoms with Crippen LogP contribution in [0.3, 0.4) is 0 Å². The molecule has 0 spiro atoms. The fraction of sp³-hybridized carbons (Fsp3) is 0.591. The Morgan fingerprint density at radius 3 is 2.28 bits per heavy atom. The summed E-state index contributed by atoms with van der Waals surface area (Å²) in [6.07, 6.45) is -3.65. The van der Waals surface area contributed by atoms with Gasteiger partial charge in [0.1, 0.15) is 24.6 Å². The number of hydrogen-bond donors (Lipinski definition) is 2. The molecule has 6 rings (SSSR count). The highest BCUT2D eigenvalue weighted by atomic mass is 31.3. The van der Waals surface area contributed by atoms with Gasteiger partial charge < -0.3 is 33.5 Å². The van der Waals surface area contributed by atoms with Crippen molar-refractivity contribution in [1.29, 1.82) is 0 Å². The van der Waals surface area contributed by atoms with Gasteiger partial charge in [0.15, 0.2) is 29.6 Å². The van der Waals surface area contributed by atoms with Crippen molar-refractivity contribution in [2.75, 3.05) is 26.4 Å². The van der Waals surface area contributed by atoms with Crippen molar-refractivity contribution >= 4 is 38.7 Å². The van der Waals surface area contributed by atoms with Crippen molar-refractivity contribution in [1.82, 2.24) is 19.1 Å². The average molecular weight is 650 g/mol. The fourth-order valence-electron chi connectivity index (χ4n) is 5.02. The van der Waals surface area contributed by atoms with Gasteiger partial charge in [0.2, 0.25) is 0 Å². The lowest BCUT2D eigenvalue weighted by atomic mass is 10.1. The summed E-state index contributed by atoms with van der Waals surface area (Å²) in [4.78, 5) is 66.5. The lowest BCUT2D eigenvalue weighted by molar-refractivity contribution is -0.165. The number of rotatable bonds is 5. The Balaban J connectivity index is 1.62. The van der Waals surface area contributed by atoms with E-state index in [1.54, 1.807) is 0 Å². The number of phosphoric ester groups is 2. The number of ether oxygens (including phenoxy) is 5. The molecule has 4 aliphatic heterocycles. The molecule has 0 amide bonds. The number of nitrogens with zero attached hydrogens (tertiary/aromatic N) is 4. The molecule has 9 atom stereocenters. The van der Waals surface area contributed by atoms with Crippen LogP contribution in [0, 0.1) is 0 Å². The van der Waals surface area contributed by atoms with Gasteiger partial charge in [0, 0.05) is 13.8 Å². The molecule has 0 aliphatic carbocycles. The maximum atomic E-state index is 13.6. The summed E-state index contributed by atoms with van der Waals surface area (Å²) in [5, 5.41) is 0. The third-order valence-electron chi connectivity index (χ3n) is 6.67. The molecule has 19 nitrogen and oxygen atoms in total. The van der Waals surface area contributed by atoms with Gasteiger partial charge in [0.25, 0.3) is 5.56 Å². The minimum absolute atomic E-state index is 0.00685. The van der Waals surface area contributed by atoms with E-state index in [4.69, 9.17) is 32.7 Å². The first kappa shape index (κ1) is 31.6. The van der Waals surface area contributed by atoms with Crippen LogP contribution in [0.15, 0.2) is 30.1 Å². The predicted octanol–water partition coefficient (Wildman–Crippen LogP) is 0.129. The zero-order chi connectivity index (χ0) is 31.1. The van der Waals surface area contributed by atoms with Crippen molar-refractivity contribution in [3.05, 3.63) is 35.7 Å². The van der Waals surface area contributed by atoms with Crippen molar-refractivity contribution in [2.45, 2.75) is 56.6 Å². The summed E-state index contributed by atoms with van der Waals surface area (Å²) in [5.41, 5.74) is -0.719. The summed E-state index contributed by atoms with van der Waals surface area (Å²) in [5.74, 6) is -1.63. The Morgan fingerprint density at radius 1 is 1.00 bits per heavy atom. The Labute approximate surface area is 242 Å². The number of imidazole rings is 1. The molecule has 4 aliphatic rings. The van der Waals surface area contributed by atoms with Crippen LogP contribution >= 0.6 is 15.6 Å². The van der Waals surface area contributed by atoms with Crippen LogP contribution in [0.2, 0.25) is 0 Å². The maximum Gasteiger partial charge on any atom is 0.481 e. The molecular weight excluding hydrogens is 622 g/mol. The van der Waals surface area contributed by atoms with Crippen LogP contribution in [0.25, 0.3) is 11.2 Å². The van der Waals surface area contributed by atoms with Crippen LogP contribution in [0.4, 0.5) is 0 Å². The Hall–Kier alpha value is -2.83. The lowest BCUT2D eigenvalue weighted by Crippen LogP contribution is -2.40. The average Bonchev–Trinajstić information content (AvgIpc) is 3.60. The zero-order valence-electron chi connectivity index (χ0n) is 22.7. The summed E-state index contributed by atoms with van der Waals surface area (Å²) in [7, 11) is -10.6. The monoisotopic (exact) mass is 650 g/mol. The van der Waals surface area contributed by atoms with Gasteiger partial charge >= 0.3 is 27.6 Å². The van der Waals surface area contributed by atoms with Gasteiger partial charge in [-0.15, -0.1) is 6.58 Å². The van der Waals surface area contributed by atoms with Crippen LogP contribution in [-0.2, 0) is 55.8 Å². The van der Waals surface area contributed by atoms with Gasteiger partial charge in [-0.1, -0.05) is 6.08 Å². The molecule has 0 radical (unpaired) electrons. The normalized spacial score (nSPS) is 36.3. The number of hydrogen-bond acceptors (Lipinski definition) is 15. The number of carbonyl (C=O) groups is 2. The zero-order valence-corrected chi connectivity index (χ0v) is 24.5. The fourth-order valence-corrected chi connectivity index (χ4v) is 7.11. The van der Waals surface area contributed by atoms with E-state index in [1.807, 2.05) is 0 Å². The molecular formula is C22H28N4O15P2. The van der Waals surface area contributed by atoms with E-state index < -0.39 is 89.1 Å². The number of esters is 2. The van der Waals surface area contributed by atoms with Gasteiger partial charge in [-0.25, -0.2) is 19.1 Å². The molecule has 2 unspecified atom stereocenters. The van der Waals surface area contributed by atoms with Crippen LogP contribution in [-0.4, -0.2) is 97.8 Å². The highest BCUT2D eigenvalue weighted by molar-refractivity contribution is 7.61. The van der Waals surface area contributed by atoms with Crippen molar-refractivity contribution in [2.24, 2.45) is 0 Å². The van der Waals surface area contributed by atoms with Gasteiger partial charge in [0.05, 0.1) is 38.8 Å². The number of fused-ring (bicyclic) bond motifs is 7. The van der Waals surface area contributed by atoms with E-state index >= 15 is 0 Å². The number of aromatic nitrogens is 4. The second kappa shape index (κ2) is 12.3. The lowest BCUT2D eigenvalue weighted by Gasteiger charge is -2.25. The number of carbonyl (C=O) groups excluding carboxylic acids is 2. The molecule has 2 aromatic heterocycles. The molecule has 21 heteroatoms. The topological polar surface area (TPSA) is 235 Å². The summed E-state index contributed by atoms with van der Waals surface area (Å²) in [6.45, 7) is 4.12. The molecule has 6 heterocycles. The summed E-state index contributed by atoms with van der Waals surface area (Å²) in [6, 6.07) is -0.817. The maximum absolute atomic E-state index is 13.6. The second-order valence-electron chi connectivity index (χ2n) is 9.63. The highest BCUT2D eigenvalue weighted by Crippen LogP contribution is 2.61. The molecule has 2 aromatic rings. The van der Waals surface area contributed by atoms with Crippen LogP contribution in [0.5, 0.6) is 0 Å². The molecule has 0 saturated carbocycles. The minimum atomic E-state index is -5.32. The molecule has 8 bridgehead atoms. The highest BCUT2D eigenvalue weighted by Gasteiger charge is 2.52. The second-order valence-corrected chi connectivity index (χ2v) is 12.7. The first-order valence-electron chi connectivity index (χ1n) is 12.7. The first-order chi connectivity index (χ1) is 20.3. The molecule has 2 fully saturated rings. The first-order valence-corrected chi connectivity index (χ1v) is 15.7. The molecule has 43 heavy (non-hydrogen) atoms. The quantitative estimate of drug-likeness (QED) is 0.248. The summed E-state index contributed by atoms with van der Waals surface area (Å²) < 4.78 is 70.0. The van der Waals surface area contributed by atoms with E-state index in [1.165, 1.54) is 27.9 Å². The SMILES string of the molecule is C=CCO[C@H]1[C@H]2CO[C@@H]1COP(=O)(O)OP(=O)(O)OC[C@H]1O[C@H]([C@H](OC(C)=O)[C@@H]1OC(C)=O)n1cnc3c(=O)n2cnc31. The van der Waals surface area contributed by atoms with E-state index in [-0.39, 0.29) is 24.4 Å². The molecule has 0 aromatic carbocycles. The van der Waals surface area contributed by atoms with Gasteiger partial charge in [-0.3, -0.25) is 32.6 Å². The van der Waals surface area contributed by atoms with Gasteiger partial charge in [-0.2, -0.15) is 4.31 Å². The van der Waals surface area contributed by atoms with E-state index in [2.05, 4.69) is 20.9 Å². The third kappa shape index (κ3) is 6.66. The standard InChI is InChI=1S/C22H28N4O15P2/c1-4-5-34-17-13-6-35-14(17)7-36-42(30,31)41-43(32,33)37-8-15-18(38-11(2)27)19(39-12(3)28)22(40-15)26-9-23-16-20(26)24-10-25(13)21(16)29/h4,9-10,13-15,17-19,22H,1,5-8H2,2-3H3,(H,30,31)(H,32,33)/t13-,14-,15-,17+,18-,19-,22-/m1/s1. The molecule has 236 valence electrons. The largest absolute Gasteiger partial charge is 0.481 e. The Kier molecular flexibility index (Phi) is 9.02. The van der Waals surface area contributed by atoms with Crippen molar-refractivity contribution in [3.8, 4) is 0 Å². The smallest absolute Gasteiger partial charge is 0.456 e. The van der Waals surface area contributed by atoms with Crippen LogP contribution < -0.4 is 5.56 Å². The van der Waals surface area contributed by atoms with Gasteiger partial charge in [-0.05, 0) is 0 Å².